The van der Waals surface area contributed by atoms with Gasteiger partial charge in [0.05, 0.1) is 6.10 Å². The third-order valence-corrected chi connectivity index (χ3v) is 9.95. The number of aliphatic hydroxyl groups excluding tert-OH is 1. The van der Waals surface area contributed by atoms with Gasteiger partial charge in [-0.25, -0.2) is 0 Å². The molecule has 1 aromatic carbocycles. The van der Waals surface area contributed by atoms with Crippen LogP contribution in [-0.2, 0) is 20.7 Å². The van der Waals surface area contributed by atoms with E-state index >= 15 is 0 Å². The summed E-state index contributed by atoms with van der Waals surface area (Å²) in [6, 6.07) is 7.72. The highest BCUT2D eigenvalue weighted by Crippen LogP contribution is 2.64. The summed E-state index contributed by atoms with van der Waals surface area (Å²) >= 11 is 0. The molecule has 3 aliphatic carbocycles. The maximum atomic E-state index is 12.8. The Balaban J connectivity index is 1.30. The third-order valence-electron chi connectivity index (χ3n) is 9.95. The van der Waals surface area contributed by atoms with Gasteiger partial charge < -0.3 is 20.5 Å². The summed E-state index contributed by atoms with van der Waals surface area (Å²) < 4.78 is 6.43. The molecule has 1 aromatic rings. The highest BCUT2D eigenvalue weighted by atomic mass is 16.5. The first-order valence-electron chi connectivity index (χ1n) is 13.2. The van der Waals surface area contributed by atoms with Gasteiger partial charge in [-0.1, -0.05) is 32.4 Å². The predicted octanol–water partition coefficient (Wildman–Crippen LogP) is 4.07. The molecule has 1 saturated heterocycles. The fourth-order valence-electron chi connectivity index (χ4n) is 8.07. The Bertz CT molecular complexity index is 917. The molecule has 0 radical (unpaired) electrons. The SMILES string of the molecule is C[C@@]12CCC[C@H]1[C@@H]1C(OCC(=O)Nc3ccc(CCO)cc3)CC3NC(=O)CC[C@]3(C)[C@@H]1CC2. The lowest BCUT2D eigenvalue weighted by molar-refractivity contribution is -0.169. The lowest BCUT2D eigenvalue weighted by Gasteiger charge is -2.61. The molecular formula is C28H40N2O4. The number of carbonyl (C=O) groups excluding carboxylic acids is 2. The molecule has 186 valence electrons. The number of benzene rings is 1. The number of aliphatic hydroxyl groups is 1. The summed E-state index contributed by atoms with van der Waals surface area (Å²) in [7, 11) is 0. The summed E-state index contributed by atoms with van der Waals surface area (Å²) in [4.78, 5) is 25.0. The largest absolute Gasteiger partial charge is 0.396 e. The summed E-state index contributed by atoms with van der Waals surface area (Å²) in [5.74, 6) is 1.66. The van der Waals surface area contributed by atoms with E-state index in [-0.39, 0.29) is 42.6 Å². The normalized spacial score (nSPS) is 38.9. The standard InChI is InChI=1S/C28H40N2O4/c1-27-12-3-4-20(27)26-21(9-13-27)28(2)14-10-24(32)30-23(28)16-22(26)34-17-25(33)29-19-7-5-18(6-8-19)11-15-31/h5-8,20-23,26,31H,3-4,9-17H2,1-2H3,(H,29,33)(H,30,32)/t20-,21+,22?,23?,26-,27-,28+/m0/s1. The number of nitrogens with one attached hydrogen (secondary N) is 2. The average Bonchev–Trinajstić information content (AvgIpc) is 3.21. The number of hydrogen-bond donors (Lipinski definition) is 3. The molecule has 3 saturated carbocycles. The van der Waals surface area contributed by atoms with Gasteiger partial charge in [0.15, 0.2) is 0 Å². The Hall–Kier alpha value is -1.92. The van der Waals surface area contributed by atoms with Crippen LogP contribution in [0.2, 0.25) is 0 Å². The Labute approximate surface area is 203 Å². The zero-order chi connectivity index (χ0) is 23.9. The highest BCUT2D eigenvalue weighted by Gasteiger charge is 2.61. The van der Waals surface area contributed by atoms with Crippen molar-refractivity contribution in [2.75, 3.05) is 18.5 Å². The molecule has 1 heterocycles. The Kier molecular flexibility index (Phi) is 6.49. The van der Waals surface area contributed by atoms with Gasteiger partial charge >= 0.3 is 0 Å². The molecule has 5 rings (SSSR count). The molecule has 4 aliphatic rings. The first-order valence-corrected chi connectivity index (χ1v) is 13.2. The van der Waals surface area contributed by atoms with Crippen molar-refractivity contribution in [3.63, 3.8) is 0 Å². The number of carbonyl (C=O) groups is 2. The fourth-order valence-corrected chi connectivity index (χ4v) is 8.07. The average molecular weight is 469 g/mol. The van der Waals surface area contributed by atoms with Gasteiger partial charge in [-0.2, -0.15) is 0 Å². The molecule has 4 fully saturated rings. The van der Waals surface area contributed by atoms with Crippen LogP contribution in [0.4, 0.5) is 5.69 Å². The van der Waals surface area contributed by atoms with E-state index in [0.717, 1.165) is 24.1 Å². The Morgan fingerprint density at radius 2 is 1.94 bits per heavy atom. The van der Waals surface area contributed by atoms with Crippen molar-refractivity contribution >= 4 is 17.5 Å². The monoisotopic (exact) mass is 468 g/mol. The molecule has 0 aromatic heterocycles. The second-order valence-corrected chi connectivity index (χ2v) is 11.8. The maximum absolute atomic E-state index is 12.8. The van der Waals surface area contributed by atoms with Crippen LogP contribution in [0.3, 0.4) is 0 Å². The maximum Gasteiger partial charge on any atom is 0.250 e. The summed E-state index contributed by atoms with van der Waals surface area (Å²) in [6.07, 6.45) is 9.34. The number of anilines is 1. The second kappa shape index (κ2) is 9.27. The molecule has 6 nitrogen and oxygen atoms in total. The predicted molar refractivity (Wildman–Crippen MR) is 131 cm³/mol. The van der Waals surface area contributed by atoms with Crippen LogP contribution in [0.25, 0.3) is 0 Å². The van der Waals surface area contributed by atoms with Gasteiger partial charge in [-0.05, 0) is 91.2 Å². The van der Waals surface area contributed by atoms with Gasteiger partial charge in [0.25, 0.3) is 0 Å². The van der Waals surface area contributed by atoms with E-state index in [1.54, 1.807) is 0 Å². The molecule has 3 N–H and O–H groups in total. The lowest BCUT2D eigenvalue weighted by Crippen LogP contribution is -2.64. The zero-order valence-corrected chi connectivity index (χ0v) is 20.6. The van der Waals surface area contributed by atoms with E-state index in [9.17, 15) is 9.59 Å². The second-order valence-electron chi connectivity index (χ2n) is 11.8. The summed E-state index contributed by atoms with van der Waals surface area (Å²) in [5.41, 5.74) is 2.30. The number of rotatable bonds is 6. The molecule has 34 heavy (non-hydrogen) atoms. The van der Waals surface area contributed by atoms with Crippen LogP contribution in [0, 0.1) is 28.6 Å². The Morgan fingerprint density at radius 3 is 2.71 bits per heavy atom. The number of fused-ring (bicyclic) bond motifs is 5. The number of piperidine rings is 1. The van der Waals surface area contributed by atoms with Crippen LogP contribution in [0.5, 0.6) is 0 Å². The van der Waals surface area contributed by atoms with Gasteiger partial charge in [0, 0.05) is 24.8 Å². The van der Waals surface area contributed by atoms with Crippen LogP contribution in [0.15, 0.2) is 24.3 Å². The minimum atomic E-state index is -0.141. The van der Waals surface area contributed by atoms with Crippen molar-refractivity contribution in [3.05, 3.63) is 29.8 Å². The molecule has 2 amide bonds. The highest BCUT2D eigenvalue weighted by molar-refractivity contribution is 5.91. The van der Waals surface area contributed by atoms with E-state index in [1.165, 1.54) is 32.1 Å². The third kappa shape index (κ3) is 4.28. The van der Waals surface area contributed by atoms with Gasteiger partial charge in [-0.15, -0.1) is 0 Å². The van der Waals surface area contributed by atoms with Crippen molar-refractivity contribution in [1.29, 1.82) is 0 Å². The summed E-state index contributed by atoms with van der Waals surface area (Å²) in [5, 5.41) is 15.3. The molecular weight excluding hydrogens is 428 g/mol. The molecule has 0 bridgehead atoms. The Morgan fingerprint density at radius 1 is 1.15 bits per heavy atom. The molecule has 0 spiro atoms. The van der Waals surface area contributed by atoms with Crippen molar-refractivity contribution < 1.29 is 19.4 Å². The number of hydrogen-bond acceptors (Lipinski definition) is 4. The van der Waals surface area contributed by atoms with E-state index in [0.29, 0.717) is 36.0 Å². The van der Waals surface area contributed by atoms with Crippen LogP contribution in [-0.4, -0.2) is 42.3 Å². The zero-order valence-electron chi connectivity index (χ0n) is 20.6. The van der Waals surface area contributed by atoms with Gasteiger partial charge in [-0.3, -0.25) is 9.59 Å². The number of amides is 2. The van der Waals surface area contributed by atoms with Gasteiger partial charge in [0.1, 0.15) is 6.61 Å². The van der Waals surface area contributed by atoms with E-state index < -0.39 is 0 Å². The van der Waals surface area contributed by atoms with Crippen LogP contribution < -0.4 is 10.6 Å². The topological polar surface area (TPSA) is 87.7 Å². The summed E-state index contributed by atoms with van der Waals surface area (Å²) in [6.45, 7) is 5.02. The van der Waals surface area contributed by atoms with Crippen LogP contribution in [0.1, 0.15) is 70.8 Å². The quantitative estimate of drug-likeness (QED) is 0.587. The fraction of sp³-hybridized carbons (Fsp3) is 0.714. The van der Waals surface area contributed by atoms with Gasteiger partial charge in [0.2, 0.25) is 11.8 Å². The number of ether oxygens (including phenoxy) is 1. The van der Waals surface area contributed by atoms with Crippen molar-refractivity contribution in [2.45, 2.75) is 83.8 Å². The smallest absolute Gasteiger partial charge is 0.250 e. The molecule has 2 unspecified atom stereocenters. The molecule has 7 atom stereocenters. The first kappa shape index (κ1) is 23.8. The van der Waals surface area contributed by atoms with Crippen LogP contribution >= 0.6 is 0 Å². The van der Waals surface area contributed by atoms with E-state index in [4.69, 9.17) is 9.84 Å². The minimum Gasteiger partial charge on any atom is -0.396 e. The van der Waals surface area contributed by atoms with E-state index in [1.807, 2.05) is 24.3 Å². The van der Waals surface area contributed by atoms with Crippen molar-refractivity contribution in [1.82, 2.24) is 5.32 Å². The van der Waals surface area contributed by atoms with Crippen molar-refractivity contribution in [3.8, 4) is 0 Å². The van der Waals surface area contributed by atoms with Crippen molar-refractivity contribution in [2.24, 2.45) is 28.6 Å². The lowest BCUT2D eigenvalue weighted by atomic mass is 9.47. The minimum absolute atomic E-state index is 0.00174. The van der Waals surface area contributed by atoms with E-state index in [2.05, 4.69) is 24.5 Å². The molecule has 1 aliphatic heterocycles. The molecule has 6 heteroatoms. The first-order chi connectivity index (χ1) is 16.3.